The third-order valence-electron chi connectivity index (χ3n) is 6.58. The van der Waals surface area contributed by atoms with Gasteiger partial charge in [-0.3, -0.25) is 0 Å². The second-order valence-corrected chi connectivity index (χ2v) is 9.85. The average Bonchev–Trinajstić information content (AvgIpc) is 3.27. The van der Waals surface area contributed by atoms with E-state index < -0.39 is 11.9 Å². The van der Waals surface area contributed by atoms with Crippen LogP contribution in [0.1, 0.15) is 46.0 Å². The van der Waals surface area contributed by atoms with Crippen LogP contribution in [0.25, 0.3) is 27.8 Å². The zero-order chi connectivity index (χ0) is 27.7. The Kier molecular flexibility index (Phi) is 7.13. The van der Waals surface area contributed by atoms with Gasteiger partial charge in [-0.25, -0.2) is 9.59 Å². The van der Waals surface area contributed by atoms with Crippen LogP contribution in [0.4, 0.5) is 0 Å². The number of carbonyl (C=O) groups is 2. The summed E-state index contributed by atoms with van der Waals surface area (Å²) in [5.41, 5.74) is 4.32. The first-order valence-corrected chi connectivity index (χ1v) is 12.8. The Morgan fingerprint density at radius 3 is 2.18 bits per heavy atom. The lowest BCUT2D eigenvalue weighted by molar-refractivity contribution is 0.0599. The zero-order valence-electron chi connectivity index (χ0n) is 21.6. The number of carboxylic acid groups (broad SMARTS) is 1. The van der Waals surface area contributed by atoms with Gasteiger partial charge in [0.15, 0.2) is 0 Å². The number of nitrogens with zero attached hydrogens (tertiary/aromatic N) is 1. The van der Waals surface area contributed by atoms with Crippen LogP contribution in [0.2, 0.25) is 5.02 Å². The van der Waals surface area contributed by atoms with Crippen molar-refractivity contribution in [2.24, 2.45) is 0 Å². The van der Waals surface area contributed by atoms with E-state index in [0.717, 1.165) is 5.69 Å². The molecule has 0 aliphatic heterocycles. The summed E-state index contributed by atoms with van der Waals surface area (Å²) in [6.45, 7) is 4.25. The molecule has 5 aromatic rings. The third-order valence-corrected chi connectivity index (χ3v) is 6.82. The van der Waals surface area contributed by atoms with Gasteiger partial charge >= 0.3 is 11.9 Å². The largest absolute Gasteiger partial charge is 0.478 e. The van der Waals surface area contributed by atoms with E-state index in [2.05, 4.69) is 13.8 Å². The summed E-state index contributed by atoms with van der Waals surface area (Å²) in [6, 6.07) is 27.2. The summed E-state index contributed by atoms with van der Waals surface area (Å²) in [4.78, 5) is 24.8. The third kappa shape index (κ3) is 5.11. The van der Waals surface area contributed by atoms with Gasteiger partial charge in [0.25, 0.3) is 0 Å². The highest BCUT2D eigenvalue weighted by atomic mass is 35.5. The van der Waals surface area contributed by atoms with Gasteiger partial charge < -0.3 is 19.1 Å². The minimum absolute atomic E-state index is 0.125. The summed E-state index contributed by atoms with van der Waals surface area (Å²) in [5.74, 6) is -0.170. The van der Waals surface area contributed by atoms with E-state index in [0.29, 0.717) is 50.2 Å². The summed E-state index contributed by atoms with van der Waals surface area (Å²) >= 11 is 6.11. The molecule has 0 spiro atoms. The predicted octanol–water partition coefficient (Wildman–Crippen LogP) is 8.35. The number of halogens is 1. The van der Waals surface area contributed by atoms with Gasteiger partial charge in [-0.05, 0) is 77.7 Å². The van der Waals surface area contributed by atoms with E-state index >= 15 is 0 Å². The fourth-order valence-electron chi connectivity index (χ4n) is 4.65. The van der Waals surface area contributed by atoms with E-state index in [1.165, 1.54) is 12.7 Å². The molecule has 0 aliphatic carbocycles. The van der Waals surface area contributed by atoms with Crippen LogP contribution in [0.3, 0.4) is 0 Å². The molecule has 196 valence electrons. The molecule has 39 heavy (non-hydrogen) atoms. The number of rotatable bonds is 7. The average molecular weight is 540 g/mol. The standard InChI is InChI=1S/C32H26ClNO5/c1-19(2)20-11-13-24(14-12-20)34-28-16-15-26(39-25-6-4-5-23(33)17-25)18-27(28)29(31(35)36)30(34)21-7-9-22(10-8-21)32(37)38-3/h4-19H,1-3H3,(H,35,36). The quantitative estimate of drug-likeness (QED) is 0.210. The molecule has 4 aromatic carbocycles. The second-order valence-electron chi connectivity index (χ2n) is 9.42. The van der Waals surface area contributed by atoms with Crippen LogP contribution < -0.4 is 4.74 Å². The van der Waals surface area contributed by atoms with Crippen LogP contribution in [-0.4, -0.2) is 28.7 Å². The lowest BCUT2D eigenvalue weighted by Crippen LogP contribution is -2.04. The summed E-state index contributed by atoms with van der Waals surface area (Å²) in [6.07, 6.45) is 0. The van der Waals surface area contributed by atoms with Crippen LogP contribution in [-0.2, 0) is 4.74 Å². The number of carboxylic acids is 1. The van der Waals surface area contributed by atoms with Crippen LogP contribution in [0, 0.1) is 0 Å². The molecule has 7 heteroatoms. The molecular weight excluding hydrogens is 514 g/mol. The number of hydrogen-bond acceptors (Lipinski definition) is 4. The molecule has 0 radical (unpaired) electrons. The number of ether oxygens (including phenoxy) is 2. The lowest BCUT2D eigenvalue weighted by atomic mass is 10.0. The van der Waals surface area contributed by atoms with Crippen molar-refractivity contribution in [1.82, 2.24) is 4.57 Å². The van der Waals surface area contributed by atoms with E-state index in [-0.39, 0.29) is 5.56 Å². The maximum Gasteiger partial charge on any atom is 0.338 e. The smallest absolute Gasteiger partial charge is 0.338 e. The van der Waals surface area contributed by atoms with Crippen LogP contribution in [0.15, 0.2) is 91.0 Å². The first-order valence-electron chi connectivity index (χ1n) is 12.4. The fraction of sp³-hybridized carbons (Fsp3) is 0.125. The molecule has 1 N–H and O–H groups in total. The van der Waals surface area contributed by atoms with Crippen molar-refractivity contribution < 1.29 is 24.2 Å². The van der Waals surface area contributed by atoms with Crippen molar-refractivity contribution in [3.8, 4) is 28.4 Å². The Hall–Kier alpha value is -4.55. The van der Waals surface area contributed by atoms with Crippen molar-refractivity contribution in [1.29, 1.82) is 0 Å². The van der Waals surface area contributed by atoms with E-state index in [1.54, 1.807) is 60.7 Å². The molecule has 5 rings (SSSR count). The van der Waals surface area contributed by atoms with Crippen molar-refractivity contribution in [3.05, 3.63) is 113 Å². The van der Waals surface area contributed by atoms with Gasteiger partial charge in [-0.2, -0.15) is 0 Å². The molecule has 0 amide bonds. The molecule has 0 atom stereocenters. The number of aromatic nitrogens is 1. The second kappa shape index (κ2) is 10.7. The molecule has 0 bridgehead atoms. The van der Waals surface area contributed by atoms with Crippen LogP contribution in [0.5, 0.6) is 11.5 Å². The van der Waals surface area contributed by atoms with Gasteiger partial charge in [-0.15, -0.1) is 0 Å². The van der Waals surface area contributed by atoms with Crippen molar-refractivity contribution in [2.75, 3.05) is 7.11 Å². The molecule has 6 nitrogen and oxygen atoms in total. The van der Waals surface area contributed by atoms with Gasteiger partial charge in [-0.1, -0.05) is 55.8 Å². The number of methoxy groups -OCH3 is 1. The summed E-state index contributed by atoms with van der Waals surface area (Å²) < 4.78 is 12.8. The Bertz CT molecular complexity index is 1690. The number of carbonyl (C=O) groups excluding carboxylic acids is 1. The fourth-order valence-corrected chi connectivity index (χ4v) is 4.83. The molecule has 0 aliphatic rings. The first-order chi connectivity index (χ1) is 18.8. The topological polar surface area (TPSA) is 77.8 Å². The van der Waals surface area contributed by atoms with Gasteiger partial charge in [0, 0.05) is 16.1 Å². The molecule has 0 fully saturated rings. The first kappa shape index (κ1) is 26.1. The number of benzene rings is 4. The monoisotopic (exact) mass is 539 g/mol. The lowest BCUT2D eigenvalue weighted by Gasteiger charge is -2.14. The highest BCUT2D eigenvalue weighted by Gasteiger charge is 2.25. The Balaban J connectivity index is 1.75. The SMILES string of the molecule is COC(=O)c1ccc(-c2c(C(=O)O)c3cc(Oc4cccc(Cl)c4)ccc3n2-c2ccc(C(C)C)cc2)cc1. The Morgan fingerprint density at radius 2 is 1.56 bits per heavy atom. The molecule has 0 saturated carbocycles. The molecule has 1 aromatic heterocycles. The summed E-state index contributed by atoms with van der Waals surface area (Å²) in [7, 11) is 1.32. The molecule has 0 saturated heterocycles. The van der Waals surface area contributed by atoms with Gasteiger partial charge in [0.2, 0.25) is 0 Å². The highest BCUT2D eigenvalue weighted by molar-refractivity contribution is 6.30. The van der Waals surface area contributed by atoms with Gasteiger partial charge in [0.05, 0.1) is 29.4 Å². The minimum Gasteiger partial charge on any atom is -0.478 e. The summed E-state index contributed by atoms with van der Waals surface area (Å²) in [5, 5.41) is 11.5. The molecular formula is C32H26ClNO5. The number of aromatic carboxylic acids is 1. The van der Waals surface area contributed by atoms with E-state index in [1.807, 2.05) is 34.9 Å². The van der Waals surface area contributed by atoms with Crippen molar-refractivity contribution in [3.63, 3.8) is 0 Å². The number of fused-ring (bicyclic) bond motifs is 1. The molecule has 0 unspecified atom stereocenters. The zero-order valence-corrected chi connectivity index (χ0v) is 22.4. The number of esters is 1. The minimum atomic E-state index is -1.08. The molecule has 1 heterocycles. The number of hydrogen-bond donors (Lipinski definition) is 1. The normalized spacial score (nSPS) is 11.1. The van der Waals surface area contributed by atoms with Crippen LogP contribution >= 0.6 is 11.6 Å². The van der Waals surface area contributed by atoms with E-state index in [4.69, 9.17) is 21.1 Å². The highest BCUT2D eigenvalue weighted by Crippen LogP contribution is 2.39. The van der Waals surface area contributed by atoms with Crippen molar-refractivity contribution in [2.45, 2.75) is 19.8 Å². The maximum absolute atomic E-state index is 12.8. The Labute approximate surface area is 231 Å². The maximum atomic E-state index is 12.8. The van der Waals surface area contributed by atoms with Gasteiger partial charge in [0.1, 0.15) is 11.5 Å². The predicted molar refractivity (Wildman–Crippen MR) is 153 cm³/mol. The van der Waals surface area contributed by atoms with Crippen molar-refractivity contribution >= 4 is 34.4 Å². The Morgan fingerprint density at radius 1 is 0.872 bits per heavy atom. The van der Waals surface area contributed by atoms with E-state index in [9.17, 15) is 14.7 Å².